The molecule has 90 valence electrons. The van der Waals surface area contributed by atoms with Crippen LogP contribution >= 0.6 is 23.2 Å². The zero-order chi connectivity index (χ0) is 12.2. The highest BCUT2D eigenvalue weighted by molar-refractivity contribution is 7.89. The summed E-state index contributed by atoms with van der Waals surface area (Å²) in [5.41, 5.74) is 5.25. The fourth-order valence-corrected chi connectivity index (χ4v) is 2.32. The zero-order valence-electron chi connectivity index (χ0n) is 8.28. The number of hydrogen-bond donors (Lipinski definition) is 2. The van der Waals surface area contributed by atoms with E-state index in [0.29, 0.717) is 13.0 Å². The van der Waals surface area contributed by atoms with Gasteiger partial charge in [-0.2, -0.15) is 0 Å². The first-order chi connectivity index (χ1) is 7.47. The van der Waals surface area contributed by atoms with Gasteiger partial charge in [0.05, 0.1) is 5.02 Å². The maximum atomic E-state index is 11.7. The van der Waals surface area contributed by atoms with Crippen molar-refractivity contribution in [1.29, 1.82) is 0 Å². The van der Waals surface area contributed by atoms with Crippen molar-refractivity contribution in [3.63, 3.8) is 0 Å². The van der Waals surface area contributed by atoms with Crippen LogP contribution < -0.4 is 10.5 Å². The van der Waals surface area contributed by atoms with E-state index < -0.39 is 10.0 Å². The van der Waals surface area contributed by atoms with Crippen LogP contribution in [-0.2, 0) is 10.0 Å². The minimum atomic E-state index is -3.58. The number of nitrogens with two attached hydrogens (primary N) is 1. The summed E-state index contributed by atoms with van der Waals surface area (Å²) in [6.07, 6.45) is 1.72. The van der Waals surface area contributed by atoms with E-state index in [0.717, 1.165) is 6.20 Å². The lowest BCUT2D eigenvalue weighted by molar-refractivity contribution is 0.579. The average Bonchev–Trinajstić information content (AvgIpc) is 2.22. The van der Waals surface area contributed by atoms with Crippen molar-refractivity contribution in [2.45, 2.75) is 11.3 Å². The normalized spacial score (nSPS) is 11.7. The van der Waals surface area contributed by atoms with Gasteiger partial charge in [-0.25, -0.2) is 18.1 Å². The maximum Gasteiger partial charge on any atom is 0.242 e. The largest absolute Gasteiger partial charge is 0.330 e. The lowest BCUT2D eigenvalue weighted by atomic mass is 10.4. The van der Waals surface area contributed by atoms with Gasteiger partial charge in [-0.15, -0.1) is 0 Å². The smallest absolute Gasteiger partial charge is 0.242 e. The van der Waals surface area contributed by atoms with Crippen molar-refractivity contribution >= 4 is 33.2 Å². The van der Waals surface area contributed by atoms with Crippen molar-refractivity contribution in [3.8, 4) is 0 Å². The standard InChI is InChI=1S/C8H11Cl2N3O2S/c9-7-4-6(5-12-8(7)10)16(14,15)13-3-1-2-11/h4-5,13H,1-3,11H2. The molecule has 1 heterocycles. The molecule has 0 saturated heterocycles. The van der Waals surface area contributed by atoms with Crippen molar-refractivity contribution in [1.82, 2.24) is 9.71 Å². The predicted octanol–water partition coefficient (Wildman–Crippen LogP) is 1.02. The molecule has 0 radical (unpaired) electrons. The van der Waals surface area contributed by atoms with Gasteiger partial charge in [0.2, 0.25) is 10.0 Å². The molecule has 1 aromatic rings. The van der Waals surface area contributed by atoms with Gasteiger partial charge in [0, 0.05) is 12.7 Å². The highest BCUT2D eigenvalue weighted by Gasteiger charge is 2.15. The molecule has 0 aliphatic rings. The van der Waals surface area contributed by atoms with Crippen molar-refractivity contribution in [2.75, 3.05) is 13.1 Å². The molecule has 0 fully saturated rings. The molecule has 0 bridgehead atoms. The molecule has 0 saturated carbocycles. The first-order valence-corrected chi connectivity index (χ1v) is 6.72. The van der Waals surface area contributed by atoms with Crippen molar-refractivity contribution < 1.29 is 8.42 Å². The monoisotopic (exact) mass is 283 g/mol. The highest BCUT2D eigenvalue weighted by atomic mass is 35.5. The van der Waals surface area contributed by atoms with Gasteiger partial charge >= 0.3 is 0 Å². The van der Waals surface area contributed by atoms with Gasteiger partial charge in [-0.3, -0.25) is 0 Å². The molecule has 16 heavy (non-hydrogen) atoms. The third-order valence-corrected chi connectivity index (χ3v) is 3.87. The van der Waals surface area contributed by atoms with Gasteiger partial charge in [0.15, 0.2) is 0 Å². The molecule has 0 spiro atoms. The molecule has 5 nitrogen and oxygen atoms in total. The summed E-state index contributed by atoms with van der Waals surface area (Å²) in [6.45, 7) is 0.696. The summed E-state index contributed by atoms with van der Waals surface area (Å²) in [4.78, 5) is 3.65. The van der Waals surface area contributed by atoms with E-state index in [9.17, 15) is 8.42 Å². The average molecular weight is 284 g/mol. The molecular weight excluding hydrogens is 273 g/mol. The second-order valence-electron chi connectivity index (χ2n) is 2.98. The number of rotatable bonds is 5. The summed E-state index contributed by atoms with van der Waals surface area (Å²) in [6, 6.07) is 1.25. The Morgan fingerprint density at radius 3 is 2.69 bits per heavy atom. The van der Waals surface area contributed by atoms with Gasteiger partial charge in [0.1, 0.15) is 10.0 Å². The Bertz CT molecular complexity index is 464. The second-order valence-corrected chi connectivity index (χ2v) is 5.52. The Hall–Kier alpha value is -0.400. The summed E-state index contributed by atoms with van der Waals surface area (Å²) in [5, 5.41) is 0.172. The summed E-state index contributed by atoms with van der Waals surface area (Å²) in [5.74, 6) is 0. The van der Waals surface area contributed by atoms with Crippen LogP contribution in [0.3, 0.4) is 0 Å². The summed E-state index contributed by atoms with van der Waals surface area (Å²) >= 11 is 11.3. The molecule has 1 rings (SSSR count). The highest BCUT2D eigenvalue weighted by Crippen LogP contribution is 2.21. The second kappa shape index (κ2) is 5.79. The van der Waals surface area contributed by atoms with E-state index >= 15 is 0 Å². The molecule has 0 amide bonds. The first kappa shape index (κ1) is 13.7. The van der Waals surface area contributed by atoms with Crippen LogP contribution in [0.2, 0.25) is 10.2 Å². The molecular formula is C8H11Cl2N3O2S. The SMILES string of the molecule is NCCCNS(=O)(=O)c1cnc(Cl)c(Cl)c1. The van der Waals surface area contributed by atoms with Crippen molar-refractivity contribution in [2.24, 2.45) is 5.73 Å². The lowest BCUT2D eigenvalue weighted by Gasteiger charge is -2.06. The van der Waals surface area contributed by atoms with E-state index in [1.807, 2.05) is 0 Å². The van der Waals surface area contributed by atoms with E-state index in [1.54, 1.807) is 0 Å². The molecule has 0 aliphatic carbocycles. The van der Waals surface area contributed by atoms with E-state index in [4.69, 9.17) is 28.9 Å². The van der Waals surface area contributed by atoms with Crippen LogP contribution in [0.5, 0.6) is 0 Å². The number of hydrogen-bond acceptors (Lipinski definition) is 4. The number of pyridine rings is 1. The fraction of sp³-hybridized carbons (Fsp3) is 0.375. The molecule has 0 aromatic carbocycles. The van der Waals surface area contributed by atoms with E-state index in [2.05, 4.69) is 9.71 Å². The topological polar surface area (TPSA) is 85.1 Å². The van der Waals surface area contributed by atoms with Crippen molar-refractivity contribution in [3.05, 3.63) is 22.4 Å². The Morgan fingerprint density at radius 1 is 1.44 bits per heavy atom. The molecule has 1 aromatic heterocycles. The minimum Gasteiger partial charge on any atom is -0.330 e. The number of nitrogens with zero attached hydrogens (tertiary/aromatic N) is 1. The molecule has 0 unspecified atom stereocenters. The lowest BCUT2D eigenvalue weighted by Crippen LogP contribution is -2.26. The first-order valence-electron chi connectivity index (χ1n) is 4.48. The Morgan fingerprint density at radius 2 is 2.12 bits per heavy atom. The Kier molecular flexibility index (Phi) is 4.94. The van der Waals surface area contributed by atoms with Crippen LogP contribution in [-0.4, -0.2) is 26.5 Å². The minimum absolute atomic E-state index is 0.0149. The zero-order valence-corrected chi connectivity index (χ0v) is 10.6. The van der Waals surface area contributed by atoms with Crippen LogP contribution in [0.25, 0.3) is 0 Å². The molecule has 0 aliphatic heterocycles. The third kappa shape index (κ3) is 3.57. The number of nitrogens with one attached hydrogen (secondary N) is 1. The van der Waals surface area contributed by atoms with Crippen LogP contribution in [0.15, 0.2) is 17.2 Å². The van der Waals surface area contributed by atoms with Crippen LogP contribution in [0.1, 0.15) is 6.42 Å². The molecule has 3 N–H and O–H groups in total. The molecule has 0 atom stereocenters. The third-order valence-electron chi connectivity index (χ3n) is 1.75. The summed E-state index contributed by atoms with van der Waals surface area (Å²) < 4.78 is 25.7. The Balaban J connectivity index is 2.86. The fourth-order valence-electron chi connectivity index (χ4n) is 0.943. The number of aromatic nitrogens is 1. The van der Waals surface area contributed by atoms with E-state index in [-0.39, 0.29) is 21.6 Å². The number of halogens is 2. The van der Waals surface area contributed by atoms with Crippen LogP contribution in [0, 0.1) is 0 Å². The maximum absolute atomic E-state index is 11.7. The van der Waals surface area contributed by atoms with Crippen LogP contribution in [0.4, 0.5) is 0 Å². The quantitative estimate of drug-likeness (QED) is 0.624. The van der Waals surface area contributed by atoms with E-state index in [1.165, 1.54) is 6.07 Å². The van der Waals surface area contributed by atoms with Gasteiger partial charge in [-0.05, 0) is 19.0 Å². The molecule has 8 heteroatoms. The van der Waals surface area contributed by atoms with Gasteiger partial charge < -0.3 is 5.73 Å². The van der Waals surface area contributed by atoms with Gasteiger partial charge in [0.25, 0.3) is 0 Å². The predicted molar refractivity (Wildman–Crippen MR) is 63.1 cm³/mol. The number of sulfonamides is 1. The summed E-state index contributed by atoms with van der Waals surface area (Å²) in [7, 11) is -3.58. The Labute approximate surface area is 104 Å². The van der Waals surface area contributed by atoms with Gasteiger partial charge in [-0.1, -0.05) is 23.2 Å².